The van der Waals surface area contributed by atoms with Crippen LogP contribution in [0.4, 0.5) is 0 Å². The number of nitrogens with one attached hydrogen (secondary N) is 1. The highest BCUT2D eigenvalue weighted by molar-refractivity contribution is 6.31. The second kappa shape index (κ2) is 5.55. The van der Waals surface area contributed by atoms with Gasteiger partial charge in [-0.15, -0.1) is 0 Å². The number of esters is 1. The van der Waals surface area contributed by atoms with Crippen molar-refractivity contribution < 1.29 is 9.53 Å². The summed E-state index contributed by atoms with van der Waals surface area (Å²) in [5.41, 5.74) is 1.25. The van der Waals surface area contributed by atoms with Crippen molar-refractivity contribution in [3.8, 4) is 0 Å². The van der Waals surface area contributed by atoms with E-state index in [0.717, 1.165) is 5.56 Å². The molecule has 1 heterocycles. The second-order valence-electron chi connectivity index (χ2n) is 3.49. The van der Waals surface area contributed by atoms with E-state index in [1.165, 1.54) is 0 Å². The molecule has 17 heavy (non-hydrogen) atoms. The van der Waals surface area contributed by atoms with Crippen molar-refractivity contribution >= 4 is 17.6 Å². The van der Waals surface area contributed by atoms with Crippen molar-refractivity contribution in [1.29, 1.82) is 0 Å². The molecule has 0 saturated heterocycles. The molecule has 1 aromatic rings. The van der Waals surface area contributed by atoms with E-state index in [1.54, 1.807) is 6.08 Å². The van der Waals surface area contributed by atoms with E-state index < -0.39 is 5.97 Å². The molecule has 87 valence electrons. The van der Waals surface area contributed by atoms with Gasteiger partial charge in [-0.25, -0.2) is 4.79 Å². The van der Waals surface area contributed by atoms with Crippen molar-refractivity contribution in [3.05, 3.63) is 58.8 Å². The van der Waals surface area contributed by atoms with E-state index in [4.69, 9.17) is 16.3 Å². The molecule has 1 radical (unpaired) electrons. The summed E-state index contributed by atoms with van der Waals surface area (Å²) in [6.07, 6.45) is 4.41. The smallest absolute Gasteiger partial charge is 0.341 e. The van der Waals surface area contributed by atoms with Gasteiger partial charge in [0.25, 0.3) is 0 Å². The maximum absolute atomic E-state index is 11.7. The SMILES string of the molecule is O=C(OCc1ccccc1)C1=C(Cl)NC[C]=C1. The molecule has 0 aromatic heterocycles. The third-order valence-corrected chi connectivity index (χ3v) is 2.60. The predicted molar refractivity (Wildman–Crippen MR) is 64.9 cm³/mol. The number of dihydropyridines is 1. The number of rotatable bonds is 3. The number of halogens is 1. The van der Waals surface area contributed by atoms with E-state index in [0.29, 0.717) is 17.3 Å². The van der Waals surface area contributed by atoms with Crippen LogP contribution in [0.15, 0.2) is 47.1 Å². The van der Waals surface area contributed by atoms with Crippen LogP contribution in [0.5, 0.6) is 0 Å². The molecule has 0 fully saturated rings. The topological polar surface area (TPSA) is 38.3 Å². The minimum atomic E-state index is -0.446. The van der Waals surface area contributed by atoms with Gasteiger partial charge in [-0.3, -0.25) is 0 Å². The number of hydrogen-bond acceptors (Lipinski definition) is 3. The van der Waals surface area contributed by atoms with Crippen molar-refractivity contribution in [2.45, 2.75) is 6.61 Å². The normalized spacial score (nSPS) is 14.4. The highest BCUT2D eigenvalue weighted by Crippen LogP contribution is 2.14. The highest BCUT2D eigenvalue weighted by Gasteiger charge is 2.15. The lowest BCUT2D eigenvalue weighted by molar-refractivity contribution is -0.139. The predicted octanol–water partition coefficient (Wildman–Crippen LogP) is 2.14. The fraction of sp³-hybridized carbons (Fsp3) is 0.154. The van der Waals surface area contributed by atoms with Crippen LogP contribution in [-0.2, 0) is 16.1 Å². The first kappa shape index (κ1) is 11.7. The Morgan fingerprint density at radius 3 is 2.88 bits per heavy atom. The van der Waals surface area contributed by atoms with Crippen LogP contribution in [0, 0.1) is 6.08 Å². The fourth-order valence-electron chi connectivity index (χ4n) is 1.39. The van der Waals surface area contributed by atoms with Crippen LogP contribution < -0.4 is 5.32 Å². The molecule has 0 amide bonds. The molecule has 0 aliphatic carbocycles. The lowest BCUT2D eigenvalue weighted by atomic mass is 10.2. The molecule has 2 rings (SSSR count). The summed E-state index contributed by atoms with van der Waals surface area (Å²) >= 11 is 5.86. The lowest BCUT2D eigenvalue weighted by Gasteiger charge is -2.11. The van der Waals surface area contributed by atoms with E-state index in [2.05, 4.69) is 11.4 Å². The molecule has 0 spiro atoms. The van der Waals surface area contributed by atoms with Crippen molar-refractivity contribution in [2.75, 3.05) is 6.54 Å². The standard InChI is InChI=1S/C13H11ClNO2/c14-12-11(7-4-8-15-12)13(16)17-9-10-5-2-1-3-6-10/h1-3,5-7,15H,8-9H2. The Kier molecular flexibility index (Phi) is 3.83. The second-order valence-corrected chi connectivity index (χ2v) is 3.87. The van der Waals surface area contributed by atoms with Gasteiger partial charge in [0, 0.05) is 6.54 Å². The Hall–Kier alpha value is -1.74. The summed E-state index contributed by atoms with van der Waals surface area (Å²) in [6.45, 7) is 0.746. The van der Waals surface area contributed by atoms with Gasteiger partial charge in [-0.05, 0) is 17.7 Å². The minimum absolute atomic E-state index is 0.237. The molecule has 1 aliphatic heterocycles. The van der Waals surface area contributed by atoms with Gasteiger partial charge in [0.15, 0.2) is 0 Å². The molecular formula is C13H11ClNO2. The third kappa shape index (κ3) is 3.11. The van der Waals surface area contributed by atoms with Gasteiger partial charge in [-0.1, -0.05) is 41.9 Å². The van der Waals surface area contributed by atoms with E-state index in [9.17, 15) is 4.79 Å². The van der Waals surface area contributed by atoms with Gasteiger partial charge >= 0.3 is 5.97 Å². The first-order chi connectivity index (χ1) is 8.27. The van der Waals surface area contributed by atoms with E-state index >= 15 is 0 Å². The average molecular weight is 249 g/mol. The molecular weight excluding hydrogens is 238 g/mol. The Balaban J connectivity index is 1.96. The molecule has 0 atom stereocenters. The Labute approximate surface area is 105 Å². The number of ether oxygens (including phenoxy) is 1. The number of benzene rings is 1. The van der Waals surface area contributed by atoms with Gasteiger partial charge in [-0.2, -0.15) is 0 Å². The summed E-state index contributed by atoms with van der Waals surface area (Å²) in [5, 5.41) is 3.12. The summed E-state index contributed by atoms with van der Waals surface area (Å²) in [4.78, 5) is 11.7. The van der Waals surface area contributed by atoms with Crippen molar-refractivity contribution in [2.24, 2.45) is 0 Å². The quantitative estimate of drug-likeness (QED) is 0.658. The lowest BCUT2D eigenvalue weighted by Crippen LogP contribution is -2.20. The monoisotopic (exact) mass is 248 g/mol. The van der Waals surface area contributed by atoms with Gasteiger partial charge in [0.05, 0.1) is 5.57 Å². The van der Waals surface area contributed by atoms with Crippen molar-refractivity contribution in [1.82, 2.24) is 5.32 Å². The van der Waals surface area contributed by atoms with Crippen LogP contribution in [-0.4, -0.2) is 12.5 Å². The van der Waals surface area contributed by atoms with Crippen LogP contribution in [0.2, 0.25) is 0 Å². The van der Waals surface area contributed by atoms with Crippen LogP contribution in [0.25, 0.3) is 0 Å². The number of carbonyl (C=O) groups is 1. The zero-order chi connectivity index (χ0) is 12.1. The first-order valence-corrected chi connectivity index (χ1v) is 5.56. The van der Waals surface area contributed by atoms with Crippen LogP contribution >= 0.6 is 11.6 Å². The summed E-state index contributed by atoms with van der Waals surface area (Å²) in [5.74, 6) is -0.446. The summed E-state index contributed by atoms with van der Waals surface area (Å²) in [7, 11) is 0. The Morgan fingerprint density at radius 2 is 2.18 bits per heavy atom. The third-order valence-electron chi connectivity index (χ3n) is 2.26. The van der Waals surface area contributed by atoms with Gasteiger partial charge < -0.3 is 10.1 Å². The van der Waals surface area contributed by atoms with E-state index in [-0.39, 0.29) is 6.61 Å². The van der Waals surface area contributed by atoms with Gasteiger partial charge in [0.1, 0.15) is 11.8 Å². The molecule has 1 aromatic carbocycles. The minimum Gasteiger partial charge on any atom is -0.457 e. The zero-order valence-electron chi connectivity index (χ0n) is 9.07. The molecule has 0 bridgehead atoms. The first-order valence-electron chi connectivity index (χ1n) is 5.18. The summed E-state index contributed by atoms with van der Waals surface area (Å²) in [6, 6.07) is 9.48. The number of hydrogen-bond donors (Lipinski definition) is 1. The Morgan fingerprint density at radius 1 is 1.41 bits per heavy atom. The maximum atomic E-state index is 11.7. The average Bonchev–Trinajstić information content (AvgIpc) is 2.38. The molecule has 3 nitrogen and oxygen atoms in total. The largest absolute Gasteiger partial charge is 0.457 e. The number of carbonyl (C=O) groups excluding carboxylic acids is 1. The Bertz CT molecular complexity index is 466. The van der Waals surface area contributed by atoms with Crippen LogP contribution in [0.1, 0.15) is 5.56 Å². The van der Waals surface area contributed by atoms with Crippen molar-refractivity contribution in [3.63, 3.8) is 0 Å². The molecule has 4 heteroatoms. The molecule has 1 N–H and O–H groups in total. The maximum Gasteiger partial charge on any atom is 0.341 e. The fourth-order valence-corrected chi connectivity index (χ4v) is 1.59. The zero-order valence-corrected chi connectivity index (χ0v) is 9.83. The van der Waals surface area contributed by atoms with E-state index in [1.807, 2.05) is 30.3 Å². The highest BCUT2D eigenvalue weighted by atomic mass is 35.5. The van der Waals surface area contributed by atoms with Crippen LogP contribution in [0.3, 0.4) is 0 Å². The molecule has 0 saturated carbocycles. The summed E-state index contributed by atoms with van der Waals surface area (Å²) < 4.78 is 5.15. The molecule has 1 aliphatic rings. The molecule has 0 unspecified atom stereocenters. The van der Waals surface area contributed by atoms with Gasteiger partial charge in [0.2, 0.25) is 0 Å².